The van der Waals surface area contributed by atoms with E-state index in [1.54, 1.807) is 18.3 Å². The van der Waals surface area contributed by atoms with Crippen LogP contribution in [0.25, 0.3) is 11.3 Å². The molecule has 0 spiro atoms. The van der Waals surface area contributed by atoms with Crippen molar-refractivity contribution < 1.29 is 14.4 Å². The Balaban J connectivity index is 1.23. The molecule has 1 saturated carbocycles. The summed E-state index contributed by atoms with van der Waals surface area (Å²) in [6, 6.07) is 11.0. The number of nitrogens with zero attached hydrogens (tertiary/aromatic N) is 5. The first-order chi connectivity index (χ1) is 16.1. The monoisotopic (exact) mass is 468 g/mol. The van der Waals surface area contributed by atoms with Crippen LogP contribution >= 0.6 is 11.6 Å². The number of aromatic nitrogens is 3. The van der Waals surface area contributed by atoms with Gasteiger partial charge in [-0.05, 0) is 43.9 Å². The van der Waals surface area contributed by atoms with Crippen molar-refractivity contribution in [3.63, 3.8) is 0 Å². The van der Waals surface area contributed by atoms with E-state index >= 15 is 0 Å². The zero-order valence-electron chi connectivity index (χ0n) is 18.0. The van der Waals surface area contributed by atoms with Crippen LogP contribution in [-0.4, -0.2) is 56.3 Å². The Labute approximate surface area is 196 Å². The van der Waals surface area contributed by atoms with Crippen molar-refractivity contribution in [3.8, 4) is 17.3 Å². The van der Waals surface area contributed by atoms with Crippen molar-refractivity contribution in [3.05, 3.63) is 53.4 Å². The Hall–Kier alpha value is -3.33. The van der Waals surface area contributed by atoms with Crippen LogP contribution in [0.4, 0.5) is 10.6 Å². The fraction of sp³-hybridized carbons (Fsp3) is 0.391. The summed E-state index contributed by atoms with van der Waals surface area (Å²) in [6.45, 7) is 1.75. The van der Waals surface area contributed by atoms with Crippen LogP contribution in [0.15, 0.2) is 47.1 Å². The lowest BCUT2D eigenvalue weighted by atomic mass is 10.0. The molecule has 3 heterocycles. The summed E-state index contributed by atoms with van der Waals surface area (Å²) >= 11 is 6.06. The highest BCUT2D eigenvalue weighted by molar-refractivity contribution is 6.30. The van der Waals surface area contributed by atoms with Crippen molar-refractivity contribution in [1.82, 2.24) is 25.3 Å². The normalized spacial score (nSPS) is 18.2. The predicted octanol–water partition coefficient (Wildman–Crippen LogP) is 3.83. The first-order valence-electron chi connectivity index (χ1n) is 11.1. The molecule has 1 saturated heterocycles. The number of halogens is 1. The zero-order valence-corrected chi connectivity index (χ0v) is 18.8. The molecule has 3 aromatic rings. The van der Waals surface area contributed by atoms with Crippen molar-refractivity contribution >= 4 is 23.4 Å². The largest absolute Gasteiger partial charge is 0.479 e. The van der Waals surface area contributed by atoms with E-state index in [9.17, 15) is 9.90 Å². The van der Waals surface area contributed by atoms with Gasteiger partial charge in [-0.15, -0.1) is 0 Å². The summed E-state index contributed by atoms with van der Waals surface area (Å²) in [4.78, 5) is 25.1. The molecule has 1 aromatic carbocycles. The molecule has 2 aliphatic rings. The molecule has 0 bridgehead atoms. The second-order valence-electron chi connectivity index (χ2n) is 8.44. The van der Waals surface area contributed by atoms with Crippen LogP contribution in [0.5, 0.6) is 6.01 Å². The molecule has 9 nitrogen and oxygen atoms in total. The second kappa shape index (κ2) is 9.27. The molecule has 2 N–H and O–H groups in total. The van der Waals surface area contributed by atoms with Gasteiger partial charge in [0.05, 0.1) is 12.6 Å². The third-order valence-corrected chi connectivity index (χ3v) is 6.25. The van der Waals surface area contributed by atoms with E-state index < -0.39 is 0 Å². The lowest BCUT2D eigenvalue weighted by Crippen LogP contribution is -2.54. The number of carbonyl (C=O) groups is 1. The minimum atomic E-state index is -0.240. The third-order valence-electron chi connectivity index (χ3n) is 6.01. The Morgan fingerprint density at radius 1 is 1.24 bits per heavy atom. The number of hydrogen-bond acceptors (Lipinski definition) is 7. The predicted molar refractivity (Wildman–Crippen MR) is 123 cm³/mol. The number of benzene rings is 1. The molecule has 2 aromatic heterocycles. The van der Waals surface area contributed by atoms with Gasteiger partial charge in [-0.1, -0.05) is 28.9 Å². The Kier molecular flexibility index (Phi) is 6.04. The quantitative estimate of drug-likeness (QED) is 0.566. The van der Waals surface area contributed by atoms with Gasteiger partial charge in [0.2, 0.25) is 0 Å². The van der Waals surface area contributed by atoms with Crippen LogP contribution in [0, 0.1) is 0 Å². The molecule has 0 unspecified atom stereocenters. The summed E-state index contributed by atoms with van der Waals surface area (Å²) in [5, 5.41) is 17.4. The van der Waals surface area contributed by atoms with E-state index in [4.69, 9.17) is 16.1 Å². The Morgan fingerprint density at radius 3 is 2.91 bits per heavy atom. The molecule has 10 heteroatoms. The lowest BCUT2D eigenvalue weighted by Gasteiger charge is -2.40. The highest BCUT2D eigenvalue weighted by Crippen LogP contribution is 2.32. The molecule has 2 fully saturated rings. The number of urea groups is 1. The van der Waals surface area contributed by atoms with E-state index in [1.165, 1.54) is 0 Å². The fourth-order valence-electron chi connectivity index (χ4n) is 4.32. The minimum absolute atomic E-state index is 0.0695. The first kappa shape index (κ1) is 21.5. The Morgan fingerprint density at radius 2 is 2.12 bits per heavy atom. The van der Waals surface area contributed by atoms with E-state index in [1.807, 2.05) is 29.2 Å². The van der Waals surface area contributed by atoms with Gasteiger partial charge in [0, 0.05) is 42.0 Å². The van der Waals surface area contributed by atoms with Gasteiger partial charge in [0.1, 0.15) is 11.5 Å². The van der Waals surface area contributed by atoms with E-state index in [0.717, 1.165) is 37.8 Å². The summed E-state index contributed by atoms with van der Waals surface area (Å²) in [6.07, 6.45) is 5.44. The molecule has 172 valence electrons. The van der Waals surface area contributed by atoms with Crippen LogP contribution in [0.3, 0.4) is 0 Å². The van der Waals surface area contributed by atoms with Gasteiger partial charge < -0.3 is 24.7 Å². The SMILES string of the molecule is O=C(NCc1cc(-c2cccc(Cl)c2)no1)N(C1CC1)[C@@H]1CCCN(c2ccnc(O)n2)C1. The van der Waals surface area contributed by atoms with Gasteiger partial charge in [-0.25, -0.2) is 9.78 Å². The summed E-state index contributed by atoms with van der Waals surface area (Å²) < 4.78 is 5.42. The molecule has 1 atom stereocenters. The molecule has 1 aliphatic heterocycles. The van der Waals surface area contributed by atoms with Gasteiger partial charge in [0.15, 0.2) is 5.76 Å². The number of hydrogen-bond donors (Lipinski definition) is 2. The summed E-state index contributed by atoms with van der Waals surface area (Å²) in [5.74, 6) is 1.26. The highest BCUT2D eigenvalue weighted by atomic mass is 35.5. The number of aromatic hydroxyl groups is 1. The lowest BCUT2D eigenvalue weighted by molar-refractivity contribution is 0.159. The van der Waals surface area contributed by atoms with Crippen LogP contribution < -0.4 is 10.2 Å². The molecule has 5 rings (SSSR count). The van der Waals surface area contributed by atoms with Crippen molar-refractivity contribution in [2.24, 2.45) is 0 Å². The van der Waals surface area contributed by atoms with E-state index in [0.29, 0.717) is 28.8 Å². The van der Waals surface area contributed by atoms with Crippen LogP contribution in [0.1, 0.15) is 31.4 Å². The number of amides is 2. The van der Waals surface area contributed by atoms with Crippen LogP contribution in [0.2, 0.25) is 5.02 Å². The Bertz CT molecular complexity index is 1130. The fourth-order valence-corrected chi connectivity index (χ4v) is 4.51. The third kappa shape index (κ3) is 5.03. The minimum Gasteiger partial charge on any atom is -0.479 e. The smallest absolute Gasteiger partial charge is 0.318 e. The number of nitrogens with one attached hydrogen (secondary N) is 1. The molecule has 0 radical (unpaired) electrons. The first-order valence-corrected chi connectivity index (χ1v) is 11.5. The molecular formula is C23H25ClN6O3. The van der Waals surface area contributed by atoms with Crippen molar-refractivity contribution in [2.45, 2.75) is 44.3 Å². The topological polar surface area (TPSA) is 108 Å². The molecule has 1 aliphatic carbocycles. The van der Waals surface area contributed by atoms with Gasteiger partial charge in [0.25, 0.3) is 0 Å². The van der Waals surface area contributed by atoms with Gasteiger partial charge in [-0.2, -0.15) is 4.98 Å². The average molecular weight is 469 g/mol. The van der Waals surface area contributed by atoms with E-state index in [2.05, 4.69) is 25.3 Å². The molecule has 2 amide bonds. The van der Waals surface area contributed by atoms with Gasteiger partial charge in [-0.3, -0.25) is 0 Å². The maximum absolute atomic E-state index is 13.2. The standard InChI is InChI=1S/C23H25ClN6O3/c24-16-4-1-3-15(11-16)20-12-19(33-28-20)13-26-23(32)30(17-6-7-17)18-5-2-10-29(14-18)21-8-9-25-22(31)27-21/h1,3-4,8-9,11-12,17-18H,2,5-7,10,13-14H2,(H,26,32)(H,25,27,31)/t18-/m1/s1. The van der Waals surface area contributed by atoms with Crippen molar-refractivity contribution in [2.75, 3.05) is 18.0 Å². The zero-order chi connectivity index (χ0) is 22.8. The second-order valence-corrected chi connectivity index (χ2v) is 8.88. The number of carbonyl (C=O) groups excluding carboxylic acids is 1. The summed E-state index contributed by atoms with van der Waals surface area (Å²) in [5.41, 5.74) is 1.54. The summed E-state index contributed by atoms with van der Waals surface area (Å²) in [7, 11) is 0. The number of anilines is 1. The van der Waals surface area contributed by atoms with Gasteiger partial charge >= 0.3 is 12.0 Å². The van der Waals surface area contributed by atoms with E-state index in [-0.39, 0.29) is 30.7 Å². The number of rotatable bonds is 6. The maximum Gasteiger partial charge on any atom is 0.318 e. The molecular weight excluding hydrogens is 444 g/mol. The number of piperidine rings is 1. The highest BCUT2D eigenvalue weighted by Gasteiger charge is 2.39. The molecule has 33 heavy (non-hydrogen) atoms. The van der Waals surface area contributed by atoms with Crippen molar-refractivity contribution in [1.29, 1.82) is 0 Å². The average Bonchev–Trinajstić information content (AvgIpc) is 3.53. The maximum atomic E-state index is 13.2. The van der Waals surface area contributed by atoms with Crippen LogP contribution in [-0.2, 0) is 6.54 Å².